The number of hydrogen-bond acceptors (Lipinski definition) is 5. The third-order valence-corrected chi connectivity index (χ3v) is 5.69. The maximum absolute atomic E-state index is 12.2. The van der Waals surface area contributed by atoms with E-state index < -0.39 is 0 Å². The van der Waals surface area contributed by atoms with Gasteiger partial charge in [-0.3, -0.25) is 9.78 Å². The zero-order valence-electron chi connectivity index (χ0n) is 15.9. The molecular formula is C22H18ClN5OS. The number of fused-ring (bicyclic) bond motifs is 1. The summed E-state index contributed by atoms with van der Waals surface area (Å²) in [7, 11) is 0. The van der Waals surface area contributed by atoms with E-state index in [-0.39, 0.29) is 11.7 Å². The summed E-state index contributed by atoms with van der Waals surface area (Å²) < 4.78 is 2.08. The second-order valence-corrected chi connectivity index (χ2v) is 7.77. The van der Waals surface area contributed by atoms with E-state index >= 15 is 0 Å². The summed E-state index contributed by atoms with van der Waals surface area (Å²) >= 11 is 7.72. The molecule has 1 amide bonds. The fraction of sp³-hybridized carbons (Fsp3) is 0.0909. The number of nitrogens with zero attached hydrogens (tertiary/aromatic N) is 4. The van der Waals surface area contributed by atoms with Gasteiger partial charge in [-0.05, 0) is 41.5 Å². The molecule has 0 unspecified atom stereocenters. The Labute approximate surface area is 183 Å². The summed E-state index contributed by atoms with van der Waals surface area (Å²) in [5, 5.41) is 5.45. The summed E-state index contributed by atoms with van der Waals surface area (Å²) in [6.07, 6.45) is 4.92. The molecule has 2 aromatic carbocycles. The van der Waals surface area contributed by atoms with Crippen LogP contribution in [0, 0.1) is 0 Å². The Bertz CT molecular complexity index is 1190. The monoisotopic (exact) mass is 435 g/mol. The largest absolute Gasteiger partial charge is 0.314 e. The average Bonchev–Trinajstić information content (AvgIpc) is 3.12. The number of amides is 1. The molecule has 0 atom stereocenters. The fourth-order valence-electron chi connectivity index (χ4n) is 2.90. The van der Waals surface area contributed by atoms with Crippen LogP contribution in [0.25, 0.3) is 11.0 Å². The third-order valence-electron chi connectivity index (χ3n) is 4.35. The first kappa shape index (κ1) is 20.1. The van der Waals surface area contributed by atoms with Crippen LogP contribution in [0.15, 0.2) is 83.3 Å². The molecule has 0 saturated heterocycles. The predicted octanol–water partition coefficient (Wildman–Crippen LogP) is 4.38. The number of imidazole rings is 1. The normalized spacial score (nSPS) is 11.2. The molecule has 4 aromatic rings. The first-order valence-electron chi connectivity index (χ1n) is 9.24. The lowest BCUT2D eigenvalue weighted by Gasteiger charge is -2.10. The highest BCUT2D eigenvalue weighted by Crippen LogP contribution is 2.26. The van der Waals surface area contributed by atoms with Crippen molar-refractivity contribution in [2.45, 2.75) is 11.7 Å². The van der Waals surface area contributed by atoms with Crippen molar-refractivity contribution in [3.8, 4) is 0 Å². The van der Waals surface area contributed by atoms with E-state index in [1.54, 1.807) is 18.6 Å². The number of benzene rings is 2. The molecule has 0 saturated carbocycles. The van der Waals surface area contributed by atoms with Gasteiger partial charge >= 0.3 is 0 Å². The van der Waals surface area contributed by atoms with E-state index in [4.69, 9.17) is 16.6 Å². The van der Waals surface area contributed by atoms with Crippen LogP contribution in [0.4, 0.5) is 0 Å². The van der Waals surface area contributed by atoms with Gasteiger partial charge in [-0.2, -0.15) is 5.10 Å². The van der Waals surface area contributed by atoms with Crippen molar-refractivity contribution in [3.63, 3.8) is 0 Å². The zero-order valence-corrected chi connectivity index (χ0v) is 17.5. The molecule has 6 nitrogen and oxygen atoms in total. The second-order valence-electron chi connectivity index (χ2n) is 6.42. The number of aromatic nitrogens is 3. The van der Waals surface area contributed by atoms with E-state index in [9.17, 15) is 4.79 Å². The molecule has 30 heavy (non-hydrogen) atoms. The van der Waals surface area contributed by atoms with Gasteiger partial charge in [0.15, 0.2) is 5.16 Å². The van der Waals surface area contributed by atoms with Crippen LogP contribution in [0.2, 0.25) is 5.02 Å². The van der Waals surface area contributed by atoms with Crippen molar-refractivity contribution >= 4 is 46.5 Å². The van der Waals surface area contributed by atoms with Gasteiger partial charge in [0.25, 0.3) is 5.91 Å². The van der Waals surface area contributed by atoms with Crippen LogP contribution >= 0.6 is 23.4 Å². The standard InChI is InChI=1S/C22H18ClN5OS/c23-18-6-2-1-5-17(18)14-28-20-8-4-3-7-19(20)26-22(28)30-15-21(29)27-25-13-16-9-11-24-12-10-16/h1-13H,14-15H2,(H,27,29). The molecule has 0 spiro atoms. The van der Waals surface area contributed by atoms with Gasteiger partial charge in [0.05, 0.1) is 29.5 Å². The number of carbonyl (C=O) groups is 1. The van der Waals surface area contributed by atoms with Crippen LogP contribution in [-0.2, 0) is 11.3 Å². The molecule has 150 valence electrons. The van der Waals surface area contributed by atoms with Crippen molar-refractivity contribution in [2.24, 2.45) is 5.10 Å². The Morgan fingerprint density at radius 2 is 1.87 bits per heavy atom. The quantitative estimate of drug-likeness (QED) is 0.266. The molecule has 0 aliphatic heterocycles. The van der Waals surface area contributed by atoms with Gasteiger partial charge in [0.1, 0.15) is 0 Å². The highest BCUT2D eigenvalue weighted by atomic mass is 35.5. The fourth-order valence-corrected chi connectivity index (χ4v) is 3.91. The predicted molar refractivity (Wildman–Crippen MR) is 121 cm³/mol. The number of hydrogen-bond donors (Lipinski definition) is 1. The third kappa shape index (κ3) is 4.87. The summed E-state index contributed by atoms with van der Waals surface area (Å²) in [6, 6.07) is 19.2. The number of thioether (sulfide) groups is 1. The molecule has 0 radical (unpaired) electrons. The topological polar surface area (TPSA) is 72.2 Å². The molecule has 0 aliphatic rings. The van der Waals surface area contributed by atoms with Crippen LogP contribution < -0.4 is 5.43 Å². The van der Waals surface area contributed by atoms with Gasteiger partial charge in [-0.25, -0.2) is 10.4 Å². The summed E-state index contributed by atoms with van der Waals surface area (Å²) in [4.78, 5) is 20.9. The summed E-state index contributed by atoms with van der Waals surface area (Å²) in [5.74, 6) is -0.0128. The Balaban J connectivity index is 1.47. The van der Waals surface area contributed by atoms with Gasteiger partial charge in [0, 0.05) is 17.4 Å². The highest BCUT2D eigenvalue weighted by molar-refractivity contribution is 7.99. The molecule has 8 heteroatoms. The van der Waals surface area contributed by atoms with Crippen LogP contribution in [-0.4, -0.2) is 32.4 Å². The lowest BCUT2D eigenvalue weighted by atomic mass is 10.2. The Kier molecular flexibility index (Phi) is 6.41. The van der Waals surface area contributed by atoms with Crippen LogP contribution in [0.3, 0.4) is 0 Å². The maximum atomic E-state index is 12.2. The number of pyridine rings is 1. The molecule has 2 aromatic heterocycles. The van der Waals surface area contributed by atoms with Gasteiger partial charge in [-0.15, -0.1) is 0 Å². The molecular weight excluding hydrogens is 418 g/mol. The van der Waals surface area contributed by atoms with E-state index in [1.807, 2.05) is 60.7 Å². The maximum Gasteiger partial charge on any atom is 0.250 e. The minimum Gasteiger partial charge on any atom is -0.314 e. The van der Waals surface area contributed by atoms with E-state index in [0.29, 0.717) is 11.6 Å². The Morgan fingerprint density at radius 3 is 2.70 bits per heavy atom. The molecule has 0 aliphatic carbocycles. The minimum absolute atomic E-state index is 0.194. The number of carbonyl (C=O) groups excluding carboxylic acids is 1. The van der Waals surface area contributed by atoms with Gasteiger partial charge in [-0.1, -0.05) is 53.7 Å². The highest BCUT2D eigenvalue weighted by Gasteiger charge is 2.14. The SMILES string of the molecule is O=C(CSc1nc2ccccc2n1Cc1ccccc1Cl)NN=Cc1ccncc1. The summed E-state index contributed by atoms with van der Waals surface area (Å²) in [5.41, 5.74) is 6.28. The van der Waals surface area contributed by atoms with Crippen molar-refractivity contribution < 1.29 is 4.79 Å². The molecule has 0 bridgehead atoms. The van der Waals surface area contributed by atoms with Crippen molar-refractivity contribution in [1.82, 2.24) is 20.0 Å². The van der Waals surface area contributed by atoms with Crippen molar-refractivity contribution in [2.75, 3.05) is 5.75 Å². The molecule has 2 heterocycles. The van der Waals surface area contributed by atoms with Crippen LogP contribution in [0.5, 0.6) is 0 Å². The first-order valence-corrected chi connectivity index (χ1v) is 10.6. The van der Waals surface area contributed by atoms with Gasteiger partial charge in [0.2, 0.25) is 0 Å². The van der Waals surface area contributed by atoms with Crippen molar-refractivity contribution in [1.29, 1.82) is 0 Å². The molecule has 4 rings (SSSR count). The molecule has 1 N–H and O–H groups in total. The van der Waals surface area contributed by atoms with E-state index in [0.717, 1.165) is 27.3 Å². The lowest BCUT2D eigenvalue weighted by Crippen LogP contribution is -2.20. The first-order chi connectivity index (χ1) is 14.7. The van der Waals surface area contributed by atoms with E-state index in [2.05, 4.69) is 20.1 Å². The average molecular weight is 436 g/mol. The number of para-hydroxylation sites is 2. The molecule has 0 fully saturated rings. The Morgan fingerprint density at radius 1 is 1.10 bits per heavy atom. The minimum atomic E-state index is -0.207. The second kappa shape index (κ2) is 9.56. The van der Waals surface area contributed by atoms with Crippen LogP contribution in [0.1, 0.15) is 11.1 Å². The summed E-state index contributed by atoms with van der Waals surface area (Å²) in [6.45, 7) is 0.574. The van der Waals surface area contributed by atoms with Gasteiger partial charge < -0.3 is 4.57 Å². The smallest absolute Gasteiger partial charge is 0.250 e. The Hall–Kier alpha value is -3.16. The lowest BCUT2D eigenvalue weighted by molar-refractivity contribution is -0.118. The number of rotatable bonds is 7. The number of halogens is 1. The van der Waals surface area contributed by atoms with Crippen molar-refractivity contribution in [3.05, 3.63) is 89.2 Å². The van der Waals surface area contributed by atoms with E-state index in [1.165, 1.54) is 11.8 Å². The number of nitrogens with one attached hydrogen (secondary N) is 1. The number of hydrazone groups is 1. The zero-order chi connectivity index (χ0) is 20.8.